The van der Waals surface area contributed by atoms with Crippen molar-refractivity contribution in [3.05, 3.63) is 29.1 Å². The van der Waals surface area contributed by atoms with Gasteiger partial charge in [0.2, 0.25) is 0 Å². The number of thiol groups is 1. The Hall–Kier alpha value is -0.580. The van der Waals surface area contributed by atoms with Crippen molar-refractivity contribution < 1.29 is 10.2 Å². The van der Waals surface area contributed by atoms with Crippen LogP contribution in [-0.4, -0.2) is 27.1 Å². The number of hydrogen-bond donors (Lipinski definition) is 3. The van der Waals surface area contributed by atoms with Gasteiger partial charge in [-0.1, -0.05) is 6.07 Å². The Morgan fingerprint density at radius 3 is 2.50 bits per heavy atom. The Morgan fingerprint density at radius 2 is 2.00 bits per heavy atom. The van der Waals surface area contributed by atoms with Gasteiger partial charge in [0.1, 0.15) is 6.10 Å². The minimum atomic E-state index is -0.902. The first-order valence-electron chi connectivity index (χ1n) is 4.47. The normalized spacial score (nSPS) is 15.2. The van der Waals surface area contributed by atoms with Crippen LogP contribution in [0.25, 0.3) is 0 Å². The highest BCUT2D eigenvalue weighted by atomic mass is 32.1. The van der Waals surface area contributed by atoms with Crippen LogP contribution in [0.2, 0.25) is 0 Å². The fourth-order valence-corrected chi connectivity index (χ4v) is 1.52. The molecule has 1 aromatic rings. The lowest BCUT2D eigenvalue weighted by molar-refractivity contribution is 0.0331. The van der Waals surface area contributed by atoms with E-state index in [1.54, 1.807) is 6.07 Å². The lowest BCUT2D eigenvalue weighted by atomic mass is 10.0. The summed E-state index contributed by atoms with van der Waals surface area (Å²) in [5, 5.41) is 19.1. The molecule has 0 saturated heterocycles. The zero-order chi connectivity index (χ0) is 10.7. The molecule has 2 unspecified atom stereocenters. The molecule has 1 heterocycles. The van der Waals surface area contributed by atoms with Gasteiger partial charge in [0.15, 0.2) is 0 Å². The third-order valence-corrected chi connectivity index (χ3v) is 2.51. The van der Waals surface area contributed by atoms with Gasteiger partial charge in [0.25, 0.3) is 0 Å². The van der Waals surface area contributed by atoms with E-state index in [9.17, 15) is 10.2 Å². The minimum Gasteiger partial charge on any atom is -0.389 e. The predicted molar refractivity (Wildman–Crippen MR) is 58.5 cm³/mol. The maximum Gasteiger partial charge on any atom is 0.107 e. The molecule has 0 aliphatic heterocycles. The van der Waals surface area contributed by atoms with E-state index in [-0.39, 0.29) is 5.75 Å². The number of aryl methyl sites for hydroxylation is 2. The van der Waals surface area contributed by atoms with Crippen LogP contribution in [0.5, 0.6) is 0 Å². The van der Waals surface area contributed by atoms with Gasteiger partial charge in [-0.3, -0.25) is 4.98 Å². The number of aliphatic hydroxyl groups excluding tert-OH is 2. The molecule has 0 aliphatic rings. The van der Waals surface area contributed by atoms with Crippen molar-refractivity contribution in [3.63, 3.8) is 0 Å². The van der Waals surface area contributed by atoms with Crippen molar-refractivity contribution in [2.24, 2.45) is 0 Å². The maximum atomic E-state index is 9.72. The summed E-state index contributed by atoms with van der Waals surface area (Å²) in [6, 6.07) is 3.60. The first-order valence-corrected chi connectivity index (χ1v) is 5.10. The fraction of sp³-hybridized carbons (Fsp3) is 0.500. The molecular formula is C10H15NO2S. The monoisotopic (exact) mass is 213 g/mol. The summed E-state index contributed by atoms with van der Waals surface area (Å²) in [5.74, 6) is 0.231. The molecule has 78 valence electrons. The Kier molecular flexibility index (Phi) is 3.92. The number of hydrogen-bond acceptors (Lipinski definition) is 4. The molecule has 2 atom stereocenters. The summed E-state index contributed by atoms with van der Waals surface area (Å²) in [4.78, 5) is 4.22. The van der Waals surface area contributed by atoms with Crippen LogP contribution in [0.3, 0.4) is 0 Å². The molecule has 0 spiro atoms. The molecule has 3 nitrogen and oxygen atoms in total. The number of rotatable bonds is 3. The summed E-state index contributed by atoms with van der Waals surface area (Å²) in [7, 11) is 0. The van der Waals surface area contributed by atoms with Crippen LogP contribution in [0.4, 0.5) is 0 Å². The SMILES string of the molecule is Cc1ccc(C(O)C(O)CS)c(C)n1. The minimum absolute atomic E-state index is 0.231. The lowest BCUT2D eigenvalue weighted by Gasteiger charge is -2.17. The zero-order valence-electron chi connectivity index (χ0n) is 8.31. The number of pyridine rings is 1. The highest BCUT2D eigenvalue weighted by Crippen LogP contribution is 2.20. The largest absolute Gasteiger partial charge is 0.389 e. The number of aromatic nitrogens is 1. The Balaban J connectivity index is 2.95. The molecule has 0 aliphatic carbocycles. The van der Waals surface area contributed by atoms with Gasteiger partial charge < -0.3 is 10.2 Å². The maximum absolute atomic E-state index is 9.72. The summed E-state index contributed by atoms with van der Waals surface area (Å²) < 4.78 is 0. The average molecular weight is 213 g/mol. The second-order valence-corrected chi connectivity index (χ2v) is 3.69. The Labute approximate surface area is 89.2 Å². The van der Waals surface area contributed by atoms with E-state index in [0.717, 1.165) is 11.4 Å². The average Bonchev–Trinajstić information content (AvgIpc) is 2.15. The van der Waals surface area contributed by atoms with E-state index < -0.39 is 12.2 Å². The first kappa shape index (κ1) is 11.5. The van der Waals surface area contributed by atoms with E-state index in [4.69, 9.17) is 0 Å². The van der Waals surface area contributed by atoms with Crippen molar-refractivity contribution in [2.75, 3.05) is 5.75 Å². The van der Waals surface area contributed by atoms with Crippen molar-refractivity contribution in [1.82, 2.24) is 4.98 Å². The molecule has 0 bridgehead atoms. The van der Waals surface area contributed by atoms with Gasteiger partial charge in [-0.15, -0.1) is 0 Å². The molecule has 14 heavy (non-hydrogen) atoms. The van der Waals surface area contributed by atoms with Gasteiger partial charge in [0, 0.05) is 22.7 Å². The molecular weight excluding hydrogens is 198 g/mol. The Bertz CT molecular complexity index is 317. The van der Waals surface area contributed by atoms with Crippen molar-refractivity contribution >= 4 is 12.6 Å². The number of aliphatic hydroxyl groups is 2. The van der Waals surface area contributed by atoms with E-state index >= 15 is 0 Å². The predicted octanol–water partition coefficient (Wildman–Crippen LogP) is 1.02. The highest BCUT2D eigenvalue weighted by molar-refractivity contribution is 7.80. The van der Waals surface area contributed by atoms with Crippen molar-refractivity contribution in [1.29, 1.82) is 0 Å². The first-order chi connectivity index (χ1) is 6.56. The van der Waals surface area contributed by atoms with Crippen molar-refractivity contribution in [2.45, 2.75) is 26.1 Å². The van der Waals surface area contributed by atoms with E-state index in [2.05, 4.69) is 17.6 Å². The van der Waals surface area contributed by atoms with E-state index in [0.29, 0.717) is 5.56 Å². The summed E-state index contributed by atoms with van der Waals surface area (Å²) in [5.41, 5.74) is 2.31. The standard InChI is InChI=1S/C10H15NO2S/c1-6-3-4-8(7(2)11-6)10(13)9(12)5-14/h3-4,9-10,12-14H,5H2,1-2H3. The zero-order valence-corrected chi connectivity index (χ0v) is 9.20. The highest BCUT2D eigenvalue weighted by Gasteiger charge is 2.18. The fourth-order valence-electron chi connectivity index (χ4n) is 1.32. The molecule has 4 heteroatoms. The van der Waals surface area contributed by atoms with Crippen LogP contribution in [0.15, 0.2) is 12.1 Å². The van der Waals surface area contributed by atoms with Gasteiger partial charge in [-0.2, -0.15) is 12.6 Å². The topological polar surface area (TPSA) is 53.4 Å². The molecule has 0 amide bonds. The van der Waals surface area contributed by atoms with E-state index in [1.807, 2.05) is 19.9 Å². The van der Waals surface area contributed by atoms with Crippen LogP contribution in [-0.2, 0) is 0 Å². The molecule has 1 aromatic heterocycles. The van der Waals surface area contributed by atoms with Gasteiger partial charge in [-0.05, 0) is 19.9 Å². The molecule has 0 radical (unpaired) electrons. The van der Waals surface area contributed by atoms with Crippen LogP contribution < -0.4 is 0 Å². The second-order valence-electron chi connectivity index (χ2n) is 3.32. The third kappa shape index (κ3) is 2.47. The van der Waals surface area contributed by atoms with Gasteiger partial charge in [0.05, 0.1) is 6.10 Å². The molecule has 0 aromatic carbocycles. The van der Waals surface area contributed by atoms with Gasteiger partial charge in [-0.25, -0.2) is 0 Å². The summed E-state index contributed by atoms with van der Waals surface area (Å²) in [6.07, 6.45) is -1.75. The van der Waals surface area contributed by atoms with Crippen LogP contribution >= 0.6 is 12.6 Å². The summed E-state index contributed by atoms with van der Waals surface area (Å²) >= 11 is 3.93. The lowest BCUT2D eigenvalue weighted by Crippen LogP contribution is -2.20. The van der Waals surface area contributed by atoms with Crippen molar-refractivity contribution in [3.8, 4) is 0 Å². The molecule has 1 rings (SSSR count). The molecule has 0 saturated carbocycles. The molecule has 0 fully saturated rings. The number of nitrogens with zero attached hydrogens (tertiary/aromatic N) is 1. The third-order valence-electron chi connectivity index (χ3n) is 2.14. The van der Waals surface area contributed by atoms with Crippen LogP contribution in [0.1, 0.15) is 23.1 Å². The van der Waals surface area contributed by atoms with Gasteiger partial charge >= 0.3 is 0 Å². The smallest absolute Gasteiger partial charge is 0.107 e. The van der Waals surface area contributed by atoms with Crippen LogP contribution in [0, 0.1) is 13.8 Å². The Morgan fingerprint density at radius 1 is 1.36 bits per heavy atom. The molecule has 2 N–H and O–H groups in total. The van der Waals surface area contributed by atoms with E-state index in [1.165, 1.54) is 0 Å². The second kappa shape index (κ2) is 4.77. The summed E-state index contributed by atoms with van der Waals surface area (Å²) in [6.45, 7) is 3.70. The quantitative estimate of drug-likeness (QED) is 0.657.